The van der Waals surface area contributed by atoms with Gasteiger partial charge in [0, 0.05) is 6.07 Å². The number of carbonyl (C=O) groups is 1. The first-order valence-electron chi connectivity index (χ1n) is 6.50. The van der Waals surface area contributed by atoms with Gasteiger partial charge in [-0.25, -0.2) is 0 Å². The SMILES string of the molecule is COc1c2oc(C(=O)C(Cl)(Cl)Cl)cc2c(OC)c2c(=O)ccoc12. The van der Waals surface area contributed by atoms with E-state index < -0.39 is 9.58 Å². The van der Waals surface area contributed by atoms with Gasteiger partial charge in [-0.2, -0.15) is 0 Å². The molecule has 24 heavy (non-hydrogen) atoms. The van der Waals surface area contributed by atoms with Crippen LogP contribution in [0.4, 0.5) is 0 Å². The third-order valence-corrected chi connectivity index (χ3v) is 3.90. The van der Waals surface area contributed by atoms with Crippen LogP contribution in [0.2, 0.25) is 0 Å². The number of hydrogen-bond acceptors (Lipinski definition) is 6. The van der Waals surface area contributed by atoms with Crippen molar-refractivity contribution in [2.24, 2.45) is 0 Å². The first kappa shape index (κ1) is 17.0. The number of ether oxygens (including phenoxy) is 2. The van der Waals surface area contributed by atoms with E-state index in [2.05, 4.69) is 0 Å². The molecule has 3 rings (SSSR count). The fraction of sp³-hybridized carbons (Fsp3) is 0.200. The van der Waals surface area contributed by atoms with Crippen LogP contribution in [0.15, 0.2) is 32.0 Å². The molecule has 0 amide bonds. The molecule has 1 aromatic carbocycles. The van der Waals surface area contributed by atoms with Crippen LogP contribution in [-0.4, -0.2) is 23.8 Å². The van der Waals surface area contributed by atoms with Crippen molar-refractivity contribution in [3.63, 3.8) is 0 Å². The van der Waals surface area contributed by atoms with Crippen molar-refractivity contribution < 1.29 is 23.1 Å². The van der Waals surface area contributed by atoms with E-state index in [-0.39, 0.29) is 39.2 Å². The van der Waals surface area contributed by atoms with Crippen LogP contribution in [0.25, 0.3) is 21.9 Å². The molecule has 126 valence electrons. The van der Waals surface area contributed by atoms with Crippen LogP contribution < -0.4 is 14.9 Å². The molecule has 0 atom stereocenters. The van der Waals surface area contributed by atoms with Crippen LogP contribution in [0.5, 0.6) is 11.5 Å². The third kappa shape index (κ3) is 2.51. The lowest BCUT2D eigenvalue weighted by Crippen LogP contribution is -2.17. The van der Waals surface area contributed by atoms with Crippen LogP contribution in [-0.2, 0) is 0 Å². The Morgan fingerprint density at radius 3 is 2.38 bits per heavy atom. The van der Waals surface area contributed by atoms with Gasteiger partial charge in [0.2, 0.25) is 11.5 Å². The highest BCUT2D eigenvalue weighted by Gasteiger charge is 2.35. The Labute approximate surface area is 149 Å². The summed E-state index contributed by atoms with van der Waals surface area (Å²) in [4.78, 5) is 24.4. The minimum atomic E-state index is -2.19. The highest BCUT2D eigenvalue weighted by Crippen LogP contribution is 2.43. The Morgan fingerprint density at radius 2 is 1.79 bits per heavy atom. The second-order valence-electron chi connectivity index (χ2n) is 4.74. The van der Waals surface area contributed by atoms with E-state index in [1.54, 1.807) is 0 Å². The summed E-state index contributed by atoms with van der Waals surface area (Å²) < 4.78 is 19.3. The van der Waals surface area contributed by atoms with Crippen LogP contribution in [0, 0.1) is 0 Å². The molecule has 0 unspecified atom stereocenters. The zero-order valence-corrected chi connectivity index (χ0v) is 14.6. The maximum Gasteiger partial charge on any atom is 0.256 e. The van der Waals surface area contributed by atoms with Crippen molar-refractivity contribution in [2.45, 2.75) is 3.79 Å². The van der Waals surface area contributed by atoms with Crippen molar-refractivity contribution in [2.75, 3.05) is 14.2 Å². The van der Waals surface area contributed by atoms with Gasteiger partial charge in [0.05, 0.1) is 25.9 Å². The predicted octanol–water partition coefficient (Wildman–Crippen LogP) is 4.11. The number of benzene rings is 1. The Bertz CT molecular complexity index is 1010. The number of fused-ring (bicyclic) bond motifs is 2. The first-order chi connectivity index (χ1) is 11.3. The number of hydrogen-bond donors (Lipinski definition) is 0. The predicted molar refractivity (Wildman–Crippen MR) is 90.0 cm³/mol. The Morgan fingerprint density at radius 1 is 1.12 bits per heavy atom. The van der Waals surface area contributed by atoms with E-state index in [0.29, 0.717) is 5.39 Å². The summed E-state index contributed by atoms with van der Waals surface area (Å²) in [7, 11) is 2.74. The fourth-order valence-electron chi connectivity index (χ4n) is 2.42. The minimum absolute atomic E-state index is 0.122. The van der Waals surface area contributed by atoms with E-state index >= 15 is 0 Å². The number of methoxy groups -OCH3 is 2. The van der Waals surface area contributed by atoms with E-state index in [1.807, 2.05) is 0 Å². The van der Waals surface area contributed by atoms with Crippen molar-refractivity contribution in [1.82, 2.24) is 0 Å². The summed E-state index contributed by atoms with van der Waals surface area (Å²) in [6.07, 6.45) is 1.22. The topological polar surface area (TPSA) is 78.9 Å². The van der Waals surface area contributed by atoms with E-state index in [9.17, 15) is 9.59 Å². The van der Waals surface area contributed by atoms with E-state index in [4.69, 9.17) is 53.1 Å². The summed E-state index contributed by atoms with van der Waals surface area (Å²) in [5, 5.41) is 0.469. The molecule has 0 spiro atoms. The minimum Gasteiger partial charge on any atom is -0.495 e. The molecule has 0 fully saturated rings. The highest BCUT2D eigenvalue weighted by atomic mass is 35.6. The largest absolute Gasteiger partial charge is 0.495 e. The molecule has 0 aliphatic rings. The van der Waals surface area contributed by atoms with Gasteiger partial charge in [0.15, 0.2) is 22.4 Å². The Hall–Kier alpha value is -1.89. The lowest BCUT2D eigenvalue weighted by atomic mass is 10.1. The quantitative estimate of drug-likeness (QED) is 0.494. The van der Waals surface area contributed by atoms with Crippen molar-refractivity contribution in [3.8, 4) is 11.5 Å². The maximum absolute atomic E-state index is 12.2. The molecule has 2 heterocycles. The molecule has 0 aliphatic heterocycles. The van der Waals surface area contributed by atoms with Crippen molar-refractivity contribution >= 4 is 62.5 Å². The lowest BCUT2D eigenvalue weighted by molar-refractivity contribution is 0.0972. The van der Waals surface area contributed by atoms with Gasteiger partial charge in [-0.3, -0.25) is 9.59 Å². The first-order valence-corrected chi connectivity index (χ1v) is 7.63. The summed E-state index contributed by atoms with van der Waals surface area (Å²) in [5.41, 5.74) is -0.0888. The molecule has 0 aliphatic carbocycles. The second-order valence-corrected chi connectivity index (χ2v) is 7.02. The Kier molecular flexibility index (Phi) is 4.15. The number of halogens is 3. The molecule has 0 saturated carbocycles. The maximum atomic E-state index is 12.2. The summed E-state index contributed by atoms with van der Waals surface area (Å²) in [6.45, 7) is 0. The zero-order chi connectivity index (χ0) is 17.6. The van der Waals surface area contributed by atoms with E-state index in [0.717, 1.165) is 0 Å². The number of Topliss-reactive ketones (excluding diaryl/α,β-unsaturated/α-hetero) is 1. The Balaban J connectivity index is 2.48. The van der Waals surface area contributed by atoms with Crippen molar-refractivity contribution in [1.29, 1.82) is 0 Å². The average molecular weight is 392 g/mol. The number of furan rings is 1. The standard InChI is InChI=1S/C15H9Cl3O6/c1-21-10-6-5-8(14(20)15(16,17)18)24-11(6)13(22-2)12-9(10)7(19)3-4-23-12/h3-5H,1-2H3. The smallest absolute Gasteiger partial charge is 0.256 e. The number of alkyl halides is 3. The van der Waals surface area contributed by atoms with Gasteiger partial charge in [-0.1, -0.05) is 34.8 Å². The van der Waals surface area contributed by atoms with Gasteiger partial charge in [0.1, 0.15) is 11.1 Å². The normalized spacial score (nSPS) is 11.9. The summed E-state index contributed by atoms with van der Waals surface area (Å²) >= 11 is 16.8. The van der Waals surface area contributed by atoms with Crippen LogP contribution in [0.1, 0.15) is 10.6 Å². The molecular weight excluding hydrogens is 383 g/mol. The third-order valence-electron chi connectivity index (χ3n) is 3.38. The fourth-order valence-corrected chi connectivity index (χ4v) is 2.69. The van der Waals surface area contributed by atoms with Crippen molar-refractivity contribution in [3.05, 3.63) is 34.4 Å². The monoisotopic (exact) mass is 390 g/mol. The lowest BCUT2D eigenvalue weighted by Gasteiger charge is -2.09. The van der Waals surface area contributed by atoms with Gasteiger partial charge in [-0.15, -0.1) is 0 Å². The molecular formula is C15H9Cl3O6. The molecule has 0 N–H and O–H groups in total. The molecule has 2 aromatic heterocycles. The summed E-state index contributed by atoms with van der Waals surface area (Å²) in [5.74, 6) is -0.787. The zero-order valence-electron chi connectivity index (χ0n) is 12.3. The number of ketones is 1. The summed E-state index contributed by atoms with van der Waals surface area (Å²) in [6, 6.07) is 2.57. The molecule has 0 saturated heterocycles. The van der Waals surface area contributed by atoms with Gasteiger partial charge >= 0.3 is 0 Å². The number of carbonyl (C=O) groups excluding carboxylic acids is 1. The van der Waals surface area contributed by atoms with Gasteiger partial charge < -0.3 is 18.3 Å². The molecule has 9 heteroatoms. The molecule has 3 aromatic rings. The molecule has 0 radical (unpaired) electrons. The molecule has 0 bridgehead atoms. The second kappa shape index (κ2) is 5.88. The average Bonchev–Trinajstić information content (AvgIpc) is 2.95. The molecule has 6 nitrogen and oxygen atoms in total. The number of rotatable bonds is 3. The van der Waals surface area contributed by atoms with Crippen LogP contribution >= 0.6 is 34.8 Å². The highest BCUT2D eigenvalue weighted by molar-refractivity contribution is 6.77. The van der Waals surface area contributed by atoms with E-state index in [1.165, 1.54) is 32.6 Å². The van der Waals surface area contributed by atoms with Gasteiger partial charge in [0.25, 0.3) is 3.79 Å². The van der Waals surface area contributed by atoms with Gasteiger partial charge in [-0.05, 0) is 6.07 Å². The van der Waals surface area contributed by atoms with Crippen LogP contribution in [0.3, 0.4) is 0 Å².